The lowest BCUT2D eigenvalue weighted by molar-refractivity contribution is 0.0951. The molecule has 2 aromatic heterocycles. The number of nitrogens with one attached hydrogen (secondary N) is 1. The lowest BCUT2D eigenvalue weighted by Crippen LogP contribution is -2.26. The maximum Gasteiger partial charge on any atom is 0.252 e. The summed E-state index contributed by atoms with van der Waals surface area (Å²) in [5.74, 6) is 1.16. The molecule has 3 heterocycles. The molecule has 0 atom stereocenters. The molecule has 1 aliphatic rings. The number of amides is 1. The van der Waals surface area contributed by atoms with Crippen molar-refractivity contribution in [2.75, 3.05) is 0 Å². The number of pyridine rings is 1. The van der Waals surface area contributed by atoms with E-state index in [1.807, 2.05) is 0 Å². The Morgan fingerprint density at radius 3 is 3.04 bits per heavy atom. The number of nitrogens with zero attached hydrogens (tertiary/aromatic N) is 4. The van der Waals surface area contributed by atoms with Crippen molar-refractivity contribution in [3.05, 3.63) is 53.0 Å². The zero-order valence-corrected chi connectivity index (χ0v) is 13.9. The van der Waals surface area contributed by atoms with Gasteiger partial charge < -0.3 is 9.88 Å². The lowest BCUT2D eigenvalue weighted by atomic mass is 10.1. The molecule has 4 rings (SSSR count). The average molecular weight is 339 g/mol. The van der Waals surface area contributed by atoms with E-state index in [-0.39, 0.29) is 11.7 Å². The molecule has 6 nitrogen and oxygen atoms in total. The van der Waals surface area contributed by atoms with Gasteiger partial charge in [-0.15, -0.1) is 10.2 Å². The molecule has 0 aliphatic carbocycles. The zero-order chi connectivity index (χ0) is 17.4. The monoisotopic (exact) mass is 339 g/mol. The lowest BCUT2D eigenvalue weighted by Gasteiger charge is -2.15. The normalized spacial score (nSPS) is 13.7. The Labute approximate surface area is 144 Å². The van der Waals surface area contributed by atoms with Gasteiger partial charge >= 0.3 is 0 Å². The molecular weight excluding hydrogens is 321 g/mol. The molecule has 3 aromatic rings. The molecule has 0 saturated heterocycles. The molecule has 1 aromatic carbocycles. The predicted molar refractivity (Wildman–Crippen MR) is 90.6 cm³/mol. The fourth-order valence-corrected chi connectivity index (χ4v) is 3.28. The van der Waals surface area contributed by atoms with Crippen molar-refractivity contribution in [3.63, 3.8) is 0 Å². The van der Waals surface area contributed by atoms with Gasteiger partial charge in [-0.2, -0.15) is 0 Å². The van der Waals surface area contributed by atoms with Gasteiger partial charge in [0.1, 0.15) is 11.6 Å². The quantitative estimate of drug-likeness (QED) is 0.796. The summed E-state index contributed by atoms with van der Waals surface area (Å²) < 4.78 is 15.5. The summed E-state index contributed by atoms with van der Waals surface area (Å²) in [5.41, 5.74) is 1.63. The first kappa shape index (κ1) is 15.7. The third-order valence-corrected chi connectivity index (χ3v) is 4.49. The number of rotatable bonds is 3. The number of aryl methyl sites for hydroxylation is 2. The molecule has 1 amide bonds. The van der Waals surface area contributed by atoms with Gasteiger partial charge in [-0.25, -0.2) is 4.39 Å². The van der Waals surface area contributed by atoms with Crippen LogP contribution >= 0.6 is 0 Å². The minimum Gasteiger partial charge on any atom is -0.345 e. The van der Waals surface area contributed by atoms with Gasteiger partial charge in [-0.1, -0.05) is 0 Å². The second-order valence-electron chi connectivity index (χ2n) is 6.30. The van der Waals surface area contributed by atoms with E-state index < -0.39 is 0 Å². The molecule has 1 N–H and O–H groups in total. The van der Waals surface area contributed by atoms with E-state index in [1.165, 1.54) is 12.1 Å². The van der Waals surface area contributed by atoms with Gasteiger partial charge in [-0.3, -0.25) is 9.78 Å². The first-order valence-electron chi connectivity index (χ1n) is 8.38. The number of halogens is 1. The Hall–Kier alpha value is -2.83. The van der Waals surface area contributed by atoms with Gasteiger partial charge in [0.25, 0.3) is 5.91 Å². The Morgan fingerprint density at radius 2 is 2.16 bits per heavy atom. The summed E-state index contributed by atoms with van der Waals surface area (Å²) in [6.45, 7) is 3.00. The Bertz CT molecular complexity index is 960. The molecule has 7 heteroatoms. The topological polar surface area (TPSA) is 72.7 Å². The maximum atomic E-state index is 13.4. The Morgan fingerprint density at radius 1 is 1.28 bits per heavy atom. The highest BCUT2D eigenvalue weighted by atomic mass is 19.1. The van der Waals surface area contributed by atoms with Crippen molar-refractivity contribution in [1.29, 1.82) is 0 Å². The van der Waals surface area contributed by atoms with E-state index in [0.29, 0.717) is 28.7 Å². The van der Waals surface area contributed by atoms with E-state index in [1.54, 1.807) is 19.1 Å². The summed E-state index contributed by atoms with van der Waals surface area (Å²) in [5, 5.41) is 11.9. The van der Waals surface area contributed by atoms with Crippen LogP contribution in [0.25, 0.3) is 10.9 Å². The maximum absolute atomic E-state index is 13.4. The van der Waals surface area contributed by atoms with Crippen molar-refractivity contribution < 1.29 is 9.18 Å². The first-order valence-corrected chi connectivity index (χ1v) is 8.38. The molecule has 0 fully saturated rings. The number of benzene rings is 1. The highest BCUT2D eigenvalue weighted by molar-refractivity contribution is 6.06. The van der Waals surface area contributed by atoms with Crippen molar-refractivity contribution in [3.8, 4) is 0 Å². The fourth-order valence-electron chi connectivity index (χ4n) is 3.28. The van der Waals surface area contributed by atoms with Crippen LogP contribution in [0.5, 0.6) is 0 Å². The van der Waals surface area contributed by atoms with Crippen molar-refractivity contribution in [2.45, 2.75) is 39.3 Å². The number of hydrogen-bond donors (Lipinski definition) is 1. The zero-order valence-electron chi connectivity index (χ0n) is 13.9. The van der Waals surface area contributed by atoms with Gasteiger partial charge in [0.05, 0.1) is 17.6 Å². The second kappa shape index (κ2) is 6.23. The van der Waals surface area contributed by atoms with Gasteiger partial charge in [0.2, 0.25) is 0 Å². The van der Waals surface area contributed by atoms with Gasteiger partial charge in [-0.05, 0) is 38.0 Å². The summed E-state index contributed by atoms with van der Waals surface area (Å²) in [7, 11) is 0. The SMILES string of the molecule is Cc1cc(C(=O)NCc2nnc3n2CCCC3)c2ccc(F)cc2n1. The van der Waals surface area contributed by atoms with Crippen LogP contribution in [-0.4, -0.2) is 25.7 Å². The molecule has 0 radical (unpaired) electrons. The van der Waals surface area contributed by atoms with Crippen LogP contribution in [0.3, 0.4) is 0 Å². The summed E-state index contributed by atoms with van der Waals surface area (Å²) in [6.07, 6.45) is 3.16. The molecule has 128 valence electrons. The fraction of sp³-hybridized carbons (Fsp3) is 0.333. The summed E-state index contributed by atoms with van der Waals surface area (Å²) in [4.78, 5) is 17.0. The standard InChI is InChI=1S/C18H18FN5O/c1-11-8-14(13-6-5-12(19)9-15(13)21-11)18(25)20-10-17-23-22-16-4-2-3-7-24(16)17/h5-6,8-9H,2-4,7,10H2,1H3,(H,20,25). The number of aromatic nitrogens is 4. The van der Waals surface area contributed by atoms with Crippen LogP contribution in [0.1, 0.15) is 40.5 Å². The van der Waals surface area contributed by atoms with Crippen LogP contribution in [0.2, 0.25) is 0 Å². The van der Waals surface area contributed by atoms with Gasteiger partial charge in [0.15, 0.2) is 5.82 Å². The number of hydrogen-bond acceptors (Lipinski definition) is 4. The van der Waals surface area contributed by atoms with Crippen molar-refractivity contribution >= 4 is 16.8 Å². The highest BCUT2D eigenvalue weighted by Gasteiger charge is 2.17. The third kappa shape index (κ3) is 2.97. The van der Waals surface area contributed by atoms with Crippen molar-refractivity contribution in [1.82, 2.24) is 25.1 Å². The molecule has 0 spiro atoms. The second-order valence-corrected chi connectivity index (χ2v) is 6.30. The van der Waals surface area contributed by atoms with E-state index in [2.05, 4.69) is 25.1 Å². The van der Waals surface area contributed by atoms with Crippen LogP contribution in [0.4, 0.5) is 4.39 Å². The third-order valence-electron chi connectivity index (χ3n) is 4.49. The largest absolute Gasteiger partial charge is 0.345 e. The molecule has 0 saturated carbocycles. The minimum absolute atomic E-state index is 0.227. The van der Waals surface area contributed by atoms with Crippen molar-refractivity contribution in [2.24, 2.45) is 0 Å². The average Bonchev–Trinajstić information content (AvgIpc) is 3.01. The Kier molecular flexibility index (Phi) is 3.91. The molecule has 0 bridgehead atoms. The van der Waals surface area contributed by atoms with Crippen LogP contribution in [0.15, 0.2) is 24.3 Å². The summed E-state index contributed by atoms with van der Waals surface area (Å²) in [6, 6.07) is 5.98. The molecular formula is C18H18FN5O. The first-order chi connectivity index (χ1) is 12.1. The minimum atomic E-state index is -0.368. The molecule has 1 aliphatic heterocycles. The van der Waals surface area contributed by atoms with Crippen LogP contribution in [0, 0.1) is 12.7 Å². The highest BCUT2D eigenvalue weighted by Crippen LogP contribution is 2.20. The van der Waals surface area contributed by atoms with E-state index >= 15 is 0 Å². The van der Waals surface area contributed by atoms with Crippen LogP contribution in [-0.2, 0) is 19.5 Å². The van der Waals surface area contributed by atoms with E-state index in [4.69, 9.17) is 0 Å². The molecule has 25 heavy (non-hydrogen) atoms. The van der Waals surface area contributed by atoms with E-state index in [9.17, 15) is 9.18 Å². The number of fused-ring (bicyclic) bond motifs is 2. The molecule has 0 unspecified atom stereocenters. The number of carbonyl (C=O) groups excluding carboxylic acids is 1. The summed E-state index contributed by atoms with van der Waals surface area (Å²) >= 11 is 0. The smallest absolute Gasteiger partial charge is 0.252 e. The predicted octanol–water partition coefficient (Wildman–Crippen LogP) is 2.54. The Balaban J connectivity index is 1.59. The number of carbonyl (C=O) groups is 1. The van der Waals surface area contributed by atoms with Crippen LogP contribution < -0.4 is 5.32 Å². The van der Waals surface area contributed by atoms with Gasteiger partial charge in [0, 0.05) is 30.1 Å². The van der Waals surface area contributed by atoms with E-state index in [0.717, 1.165) is 37.5 Å².